The Bertz CT molecular complexity index is 660. The SMILES string of the molecule is Cc1cc(C(=O)NC(=NC(N)CC(C)N)NC(C)(C)C)c(C(F)(F)F)o1. The summed E-state index contributed by atoms with van der Waals surface area (Å²) in [6.07, 6.45) is -5.18. The minimum atomic E-state index is -4.79. The number of halogens is 3. The lowest BCUT2D eigenvalue weighted by atomic mass is 10.1. The topological polar surface area (TPSA) is 119 Å². The number of aliphatic imine (C=N–C) groups is 1. The molecule has 0 aliphatic heterocycles. The number of rotatable bonds is 4. The number of carbonyl (C=O) groups is 1. The maximum atomic E-state index is 13.0. The van der Waals surface area contributed by atoms with Crippen LogP contribution in [0.2, 0.25) is 0 Å². The summed E-state index contributed by atoms with van der Waals surface area (Å²) in [5.41, 5.74) is 10.4. The highest BCUT2D eigenvalue weighted by atomic mass is 19.4. The van der Waals surface area contributed by atoms with Crippen molar-refractivity contribution in [2.24, 2.45) is 16.5 Å². The molecule has 0 saturated heterocycles. The van der Waals surface area contributed by atoms with Crippen molar-refractivity contribution in [3.05, 3.63) is 23.2 Å². The smallest absolute Gasteiger partial charge is 0.450 e. The Labute approximate surface area is 150 Å². The van der Waals surface area contributed by atoms with Crippen LogP contribution < -0.4 is 22.1 Å². The van der Waals surface area contributed by atoms with E-state index in [0.717, 1.165) is 6.07 Å². The number of aryl methyl sites for hydroxylation is 1. The summed E-state index contributed by atoms with van der Waals surface area (Å²) in [4.78, 5) is 16.5. The summed E-state index contributed by atoms with van der Waals surface area (Å²) in [5, 5.41) is 5.25. The van der Waals surface area contributed by atoms with E-state index in [-0.39, 0.29) is 17.8 Å². The van der Waals surface area contributed by atoms with Crippen LogP contribution >= 0.6 is 0 Å². The van der Waals surface area contributed by atoms with Gasteiger partial charge in [0, 0.05) is 11.6 Å². The van der Waals surface area contributed by atoms with Gasteiger partial charge in [-0.2, -0.15) is 13.2 Å². The van der Waals surface area contributed by atoms with Crippen LogP contribution in [0.5, 0.6) is 0 Å². The highest BCUT2D eigenvalue weighted by molar-refractivity contribution is 6.06. The van der Waals surface area contributed by atoms with Crippen LogP contribution in [0.15, 0.2) is 15.5 Å². The van der Waals surface area contributed by atoms with E-state index in [9.17, 15) is 18.0 Å². The third kappa shape index (κ3) is 7.04. The molecule has 10 heteroatoms. The molecule has 0 aromatic carbocycles. The Balaban J connectivity index is 3.12. The lowest BCUT2D eigenvalue weighted by Gasteiger charge is -2.24. The molecule has 1 heterocycles. The number of amides is 1. The second-order valence-electron chi connectivity index (χ2n) is 7.18. The molecule has 0 bridgehead atoms. The number of furan rings is 1. The van der Waals surface area contributed by atoms with E-state index < -0.39 is 35.1 Å². The summed E-state index contributed by atoms with van der Waals surface area (Å²) in [7, 11) is 0. The van der Waals surface area contributed by atoms with Crippen molar-refractivity contribution in [2.45, 2.75) is 65.0 Å². The molecule has 0 fully saturated rings. The molecule has 148 valence electrons. The van der Waals surface area contributed by atoms with Crippen LogP contribution in [0.25, 0.3) is 0 Å². The van der Waals surface area contributed by atoms with Gasteiger partial charge in [-0.05, 0) is 47.1 Å². The van der Waals surface area contributed by atoms with Gasteiger partial charge in [-0.25, -0.2) is 4.99 Å². The quantitative estimate of drug-likeness (QED) is 0.473. The first-order valence-electron chi connectivity index (χ1n) is 8.05. The molecular weight excluding hydrogens is 351 g/mol. The zero-order valence-electron chi connectivity index (χ0n) is 15.5. The molecular formula is C16H26F3N5O2. The van der Waals surface area contributed by atoms with Crippen LogP contribution in [-0.2, 0) is 6.18 Å². The van der Waals surface area contributed by atoms with E-state index in [1.54, 1.807) is 27.7 Å². The molecule has 26 heavy (non-hydrogen) atoms. The highest BCUT2D eigenvalue weighted by Crippen LogP contribution is 2.33. The molecule has 0 saturated carbocycles. The van der Waals surface area contributed by atoms with Gasteiger partial charge in [-0.1, -0.05) is 0 Å². The predicted octanol–water partition coefficient (Wildman–Crippen LogP) is 2.10. The van der Waals surface area contributed by atoms with Crippen molar-refractivity contribution in [3.63, 3.8) is 0 Å². The monoisotopic (exact) mass is 377 g/mol. The van der Waals surface area contributed by atoms with E-state index in [1.165, 1.54) is 6.92 Å². The number of nitrogens with one attached hydrogen (secondary N) is 2. The van der Waals surface area contributed by atoms with Gasteiger partial charge in [0.2, 0.25) is 5.76 Å². The van der Waals surface area contributed by atoms with Crippen molar-refractivity contribution in [3.8, 4) is 0 Å². The number of alkyl halides is 3. The summed E-state index contributed by atoms with van der Waals surface area (Å²) in [6.45, 7) is 8.47. The first-order valence-corrected chi connectivity index (χ1v) is 8.05. The molecule has 2 unspecified atom stereocenters. The van der Waals surface area contributed by atoms with Gasteiger partial charge in [-0.15, -0.1) is 0 Å². The van der Waals surface area contributed by atoms with Crippen molar-refractivity contribution < 1.29 is 22.4 Å². The predicted molar refractivity (Wildman–Crippen MR) is 92.5 cm³/mol. The third-order valence-electron chi connectivity index (χ3n) is 2.99. The van der Waals surface area contributed by atoms with Gasteiger partial charge >= 0.3 is 6.18 Å². The van der Waals surface area contributed by atoms with Crippen LogP contribution in [0.3, 0.4) is 0 Å². The largest absolute Gasteiger partial charge is 0.456 e. The number of carbonyl (C=O) groups excluding carboxylic acids is 1. The molecule has 6 N–H and O–H groups in total. The molecule has 0 aliphatic rings. The Kier molecular flexibility index (Phi) is 6.83. The summed E-state index contributed by atoms with van der Waals surface area (Å²) >= 11 is 0. The number of guanidine groups is 1. The number of hydrogen-bond donors (Lipinski definition) is 4. The van der Waals surface area contributed by atoms with Crippen LogP contribution in [0.4, 0.5) is 13.2 Å². The molecule has 1 amide bonds. The number of nitrogens with two attached hydrogens (primary N) is 2. The van der Waals surface area contributed by atoms with Gasteiger partial charge in [0.1, 0.15) is 11.9 Å². The van der Waals surface area contributed by atoms with Gasteiger partial charge in [0.25, 0.3) is 5.91 Å². The van der Waals surface area contributed by atoms with Crippen LogP contribution in [0, 0.1) is 6.92 Å². The average molecular weight is 377 g/mol. The zero-order chi connectivity index (χ0) is 20.3. The lowest BCUT2D eigenvalue weighted by Crippen LogP contribution is -2.50. The Morgan fingerprint density at radius 1 is 1.31 bits per heavy atom. The molecule has 0 radical (unpaired) electrons. The minimum Gasteiger partial charge on any atom is -0.456 e. The second-order valence-corrected chi connectivity index (χ2v) is 7.18. The van der Waals surface area contributed by atoms with Crippen molar-refractivity contribution >= 4 is 11.9 Å². The number of nitrogens with zero attached hydrogens (tertiary/aromatic N) is 1. The molecule has 7 nitrogen and oxygen atoms in total. The first-order chi connectivity index (χ1) is 11.7. The highest BCUT2D eigenvalue weighted by Gasteiger charge is 2.40. The van der Waals surface area contributed by atoms with Gasteiger partial charge in [0.05, 0.1) is 5.56 Å². The number of hydrogen-bond acceptors (Lipinski definition) is 5. The van der Waals surface area contributed by atoms with Crippen LogP contribution in [-0.4, -0.2) is 29.6 Å². The van der Waals surface area contributed by atoms with E-state index in [4.69, 9.17) is 11.5 Å². The van der Waals surface area contributed by atoms with Crippen LogP contribution in [0.1, 0.15) is 56.0 Å². The summed E-state index contributed by atoms with van der Waals surface area (Å²) in [6, 6.07) is 0.795. The molecule has 1 aromatic rings. The summed E-state index contributed by atoms with van der Waals surface area (Å²) in [5.74, 6) is -2.43. The van der Waals surface area contributed by atoms with Crippen molar-refractivity contribution in [1.29, 1.82) is 0 Å². The maximum absolute atomic E-state index is 13.0. The standard InChI is InChI=1S/C16H26F3N5O2/c1-8(20)6-11(21)22-14(24-15(3,4)5)23-13(25)10-7-9(2)26-12(10)16(17,18)19/h7-8,11H,6,20-21H2,1-5H3,(H2,22,23,24,25). The van der Waals surface area contributed by atoms with E-state index in [2.05, 4.69) is 20.0 Å². The normalized spacial score (nSPS) is 15.5. The Morgan fingerprint density at radius 3 is 2.35 bits per heavy atom. The first kappa shape index (κ1) is 22.0. The molecule has 0 spiro atoms. The van der Waals surface area contributed by atoms with Crippen molar-refractivity contribution in [1.82, 2.24) is 10.6 Å². The van der Waals surface area contributed by atoms with Gasteiger partial charge < -0.3 is 21.2 Å². The fourth-order valence-electron chi connectivity index (χ4n) is 2.12. The van der Waals surface area contributed by atoms with Crippen molar-refractivity contribution in [2.75, 3.05) is 0 Å². The Morgan fingerprint density at radius 2 is 1.88 bits per heavy atom. The molecule has 1 rings (SSSR count). The van der Waals surface area contributed by atoms with Gasteiger partial charge in [-0.3, -0.25) is 10.1 Å². The molecule has 1 aromatic heterocycles. The Hall–Kier alpha value is -2.07. The van der Waals surface area contributed by atoms with E-state index >= 15 is 0 Å². The van der Waals surface area contributed by atoms with Gasteiger partial charge in [0.15, 0.2) is 5.96 Å². The third-order valence-corrected chi connectivity index (χ3v) is 2.99. The fourth-order valence-corrected chi connectivity index (χ4v) is 2.12. The second kappa shape index (κ2) is 8.09. The fraction of sp³-hybridized carbons (Fsp3) is 0.625. The maximum Gasteiger partial charge on any atom is 0.450 e. The lowest BCUT2D eigenvalue weighted by molar-refractivity contribution is -0.153. The minimum absolute atomic E-state index is 0.0293. The zero-order valence-corrected chi connectivity index (χ0v) is 15.5. The van der Waals surface area contributed by atoms with E-state index in [0.29, 0.717) is 6.42 Å². The van der Waals surface area contributed by atoms with E-state index in [1.807, 2.05) is 0 Å². The average Bonchev–Trinajstić information content (AvgIpc) is 2.77. The summed E-state index contributed by atoms with van der Waals surface area (Å²) < 4.78 is 43.7. The molecule has 2 atom stereocenters. The molecule has 0 aliphatic carbocycles.